The number of rotatable bonds is 7. The summed E-state index contributed by atoms with van der Waals surface area (Å²) < 4.78 is 38.6. The first-order valence-corrected chi connectivity index (χ1v) is 11.6. The highest BCUT2D eigenvalue weighted by Gasteiger charge is 2.28. The van der Waals surface area contributed by atoms with Gasteiger partial charge in [0, 0.05) is 29.3 Å². The molecule has 0 spiro atoms. The minimum absolute atomic E-state index is 0.00515. The molecule has 0 atom stereocenters. The second-order valence-electron chi connectivity index (χ2n) is 6.74. The number of carbonyl (C=O) groups is 1. The highest BCUT2D eigenvalue weighted by Crippen LogP contribution is 2.27. The maximum absolute atomic E-state index is 13.0. The van der Waals surface area contributed by atoms with Crippen LogP contribution in [0.3, 0.4) is 0 Å². The van der Waals surface area contributed by atoms with Crippen LogP contribution in [0, 0.1) is 6.92 Å². The number of hydrogen-bond acceptors (Lipinski definition) is 6. The molecule has 0 bridgehead atoms. The van der Waals surface area contributed by atoms with Crippen LogP contribution in [0.4, 0.5) is 11.4 Å². The smallest absolute Gasteiger partial charge is 0.243 e. The Bertz CT molecular complexity index is 1020. The van der Waals surface area contributed by atoms with Crippen LogP contribution in [-0.2, 0) is 19.6 Å². The lowest BCUT2D eigenvalue weighted by Crippen LogP contribution is -2.40. The number of anilines is 2. The number of morpholine rings is 1. The van der Waals surface area contributed by atoms with E-state index in [1.54, 1.807) is 38.3 Å². The summed E-state index contributed by atoms with van der Waals surface area (Å²) >= 11 is 3.42. The molecule has 2 N–H and O–H groups in total. The molecular weight excluding hydrogens is 474 g/mol. The molecular formula is C20H24BrN3O5S. The summed E-state index contributed by atoms with van der Waals surface area (Å²) in [5, 5.41) is 5.78. The summed E-state index contributed by atoms with van der Waals surface area (Å²) in [6.07, 6.45) is 0. The van der Waals surface area contributed by atoms with Crippen LogP contribution in [0.2, 0.25) is 0 Å². The summed E-state index contributed by atoms with van der Waals surface area (Å²) in [5.41, 5.74) is 1.76. The van der Waals surface area contributed by atoms with Crippen molar-refractivity contribution in [1.82, 2.24) is 4.31 Å². The maximum atomic E-state index is 13.0. The van der Waals surface area contributed by atoms with Crippen molar-refractivity contribution in [2.24, 2.45) is 0 Å². The molecule has 1 saturated heterocycles. The Morgan fingerprint density at radius 3 is 2.63 bits per heavy atom. The fourth-order valence-electron chi connectivity index (χ4n) is 3.03. The topological polar surface area (TPSA) is 97.0 Å². The molecule has 2 aromatic rings. The first-order valence-electron chi connectivity index (χ1n) is 9.37. The van der Waals surface area contributed by atoms with Gasteiger partial charge >= 0.3 is 0 Å². The third kappa shape index (κ3) is 5.31. The molecule has 0 unspecified atom stereocenters. The molecule has 3 rings (SSSR count). The highest BCUT2D eigenvalue weighted by atomic mass is 79.9. The van der Waals surface area contributed by atoms with Crippen molar-refractivity contribution in [2.45, 2.75) is 11.8 Å². The number of ether oxygens (including phenoxy) is 2. The maximum Gasteiger partial charge on any atom is 0.243 e. The average molecular weight is 498 g/mol. The molecule has 0 aliphatic carbocycles. The van der Waals surface area contributed by atoms with Crippen LogP contribution in [0.25, 0.3) is 0 Å². The Morgan fingerprint density at radius 2 is 1.93 bits per heavy atom. The van der Waals surface area contributed by atoms with E-state index in [0.29, 0.717) is 49.0 Å². The minimum atomic E-state index is -3.65. The number of nitrogens with zero attached hydrogens (tertiary/aromatic N) is 1. The number of benzene rings is 2. The van der Waals surface area contributed by atoms with Crippen molar-refractivity contribution in [1.29, 1.82) is 0 Å². The predicted octanol–water partition coefficient (Wildman–Crippen LogP) is 2.84. The molecule has 30 heavy (non-hydrogen) atoms. The van der Waals surface area contributed by atoms with E-state index >= 15 is 0 Å². The van der Waals surface area contributed by atoms with Crippen molar-refractivity contribution in [3.05, 3.63) is 46.4 Å². The van der Waals surface area contributed by atoms with E-state index in [-0.39, 0.29) is 17.3 Å². The summed E-state index contributed by atoms with van der Waals surface area (Å²) in [6, 6.07) is 10.3. The lowest BCUT2D eigenvalue weighted by Gasteiger charge is -2.26. The van der Waals surface area contributed by atoms with Crippen LogP contribution in [0.1, 0.15) is 5.56 Å². The van der Waals surface area contributed by atoms with E-state index in [1.165, 1.54) is 10.4 Å². The largest absolute Gasteiger partial charge is 0.497 e. The van der Waals surface area contributed by atoms with E-state index in [9.17, 15) is 13.2 Å². The van der Waals surface area contributed by atoms with E-state index in [2.05, 4.69) is 26.6 Å². The van der Waals surface area contributed by atoms with Crippen molar-refractivity contribution in [3.8, 4) is 5.75 Å². The normalized spacial score (nSPS) is 14.9. The van der Waals surface area contributed by atoms with Gasteiger partial charge in [0.1, 0.15) is 5.75 Å². The molecule has 1 heterocycles. The van der Waals surface area contributed by atoms with E-state index in [4.69, 9.17) is 9.47 Å². The van der Waals surface area contributed by atoms with Gasteiger partial charge in [0.25, 0.3) is 0 Å². The Morgan fingerprint density at radius 1 is 1.20 bits per heavy atom. The Labute approximate surface area is 184 Å². The fraction of sp³-hybridized carbons (Fsp3) is 0.350. The molecule has 8 nitrogen and oxygen atoms in total. The van der Waals surface area contributed by atoms with Gasteiger partial charge in [-0.3, -0.25) is 4.79 Å². The number of nitrogens with one attached hydrogen (secondary N) is 2. The molecule has 1 fully saturated rings. The summed E-state index contributed by atoms with van der Waals surface area (Å²) in [4.78, 5) is 12.6. The number of hydrogen-bond donors (Lipinski definition) is 2. The third-order valence-electron chi connectivity index (χ3n) is 4.67. The molecule has 0 aromatic heterocycles. The van der Waals surface area contributed by atoms with Gasteiger partial charge in [0.2, 0.25) is 15.9 Å². The van der Waals surface area contributed by atoms with Crippen molar-refractivity contribution >= 4 is 43.2 Å². The standard InChI is InChI=1S/C20H24BrN3O5S/c1-14-3-4-15(11-19(14)30(26,27)24-7-9-29-10-8-24)23-20(25)13-22-18-12-16(28-2)5-6-17(18)21/h3-6,11-12,22H,7-10,13H2,1-2H3,(H,23,25). The van der Waals surface area contributed by atoms with Crippen LogP contribution in [0.15, 0.2) is 45.8 Å². The third-order valence-corrected chi connectivity index (χ3v) is 7.40. The van der Waals surface area contributed by atoms with E-state index < -0.39 is 10.0 Å². The van der Waals surface area contributed by atoms with Gasteiger partial charge in [0.05, 0.1) is 37.5 Å². The average Bonchev–Trinajstić information content (AvgIpc) is 2.75. The second kappa shape index (κ2) is 9.78. The Hall–Kier alpha value is -2.14. The van der Waals surface area contributed by atoms with Crippen molar-refractivity contribution in [3.63, 3.8) is 0 Å². The quantitative estimate of drug-likeness (QED) is 0.610. The van der Waals surface area contributed by atoms with Gasteiger partial charge in [-0.15, -0.1) is 0 Å². The van der Waals surface area contributed by atoms with Gasteiger partial charge in [0.15, 0.2) is 0 Å². The van der Waals surface area contributed by atoms with Gasteiger partial charge in [-0.2, -0.15) is 4.31 Å². The number of carbonyl (C=O) groups excluding carboxylic acids is 1. The van der Waals surface area contributed by atoms with E-state index in [0.717, 1.165) is 4.47 Å². The van der Waals surface area contributed by atoms with Gasteiger partial charge in [-0.05, 0) is 52.7 Å². The lowest BCUT2D eigenvalue weighted by atomic mass is 10.2. The monoisotopic (exact) mass is 497 g/mol. The Balaban J connectivity index is 1.70. The van der Waals surface area contributed by atoms with Crippen LogP contribution >= 0.6 is 15.9 Å². The first-order chi connectivity index (χ1) is 14.3. The molecule has 1 amide bonds. The molecule has 0 radical (unpaired) electrons. The second-order valence-corrected chi connectivity index (χ2v) is 9.50. The first kappa shape index (κ1) is 22.5. The molecule has 1 aliphatic rings. The zero-order chi connectivity index (χ0) is 21.7. The number of amides is 1. The van der Waals surface area contributed by atoms with Gasteiger partial charge in [-0.25, -0.2) is 8.42 Å². The number of aryl methyl sites for hydroxylation is 1. The zero-order valence-corrected chi connectivity index (χ0v) is 19.2. The highest BCUT2D eigenvalue weighted by molar-refractivity contribution is 9.10. The lowest BCUT2D eigenvalue weighted by molar-refractivity contribution is -0.114. The Kier molecular flexibility index (Phi) is 7.35. The number of methoxy groups -OCH3 is 1. The molecule has 2 aromatic carbocycles. The van der Waals surface area contributed by atoms with Crippen LogP contribution < -0.4 is 15.4 Å². The molecule has 0 saturated carbocycles. The molecule has 10 heteroatoms. The van der Waals surface area contributed by atoms with Gasteiger partial charge in [-0.1, -0.05) is 6.07 Å². The molecule has 1 aliphatic heterocycles. The summed E-state index contributed by atoms with van der Waals surface area (Å²) in [5.74, 6) is 0.362. The SMILES string of the molecule is COc1ccc(Br)c(NCC(=O)Nc2ccc(C)c(S(=O)(=O)N3CCOCC3)c2)c1. The van der Waals surface area contributed by atoms with Crippen molar-refractivity contribution in [2.75, 3.05) is 50.6 Å². The summed E-state index contributed by atoms with van der Waals surface area (Å²) in [6.45, 7) is 3.13. The van der Waals surface area contributed by atoms with Crippen molar-refractivity contribution < 1.29 is 22.7 Å². The van der Waals surface area contributed by atoms with Crippen LogP contribution in [-0.4, -0.2) is 58.6 Å². The fourth-order valence-corrected chi connectivity index (χ4v) is 5.07. The number of halogens is 1. The van der Waals surface area contributed by atoms with Crippen LogP contribution in [0.5, 0.6) is 5.75 Å². The van der Waals surface area contributed by atoms with E-state index in [1.807, 2.05) is 6.07 Å². The summed E-state index contributed by atoms with van der Waals surface area (Å²) in [7, 11) is -2.08. The predicted molar refractivity (Wildman–Crippen MR) is 119 cm³/mol. The van der Waals surface area contributed by atoms with Gasteiger partial charge < -0.3 is 20.1 Å². The minimum Gasteiger partial charge on any atom is -0.497 e. The molecule has 162 valence electrons. The number of sulfonamides is 1. The zero-order valence-electron chi connectivity index (χ0n) is 16.8.